The molecule has 7 aromatic carbocycles. The van der Waals surface area contributed by atoms with Gasteiger partial charge in [-0.15, -0.1) is 11.3 Å². The third-order valence-corrected chi connectivity index (χ3v) is 10.4. The molecular formula is C42H25N3S. The molecule has 0 atom stereocenters. The van der Waals surface area contributed by atoms with Crippen LogP contribution in [0.5, 0.6) is 0 Å². The molecule has 0 aliphatic carbocycles. The first-order valence-electron chi connectivity index (χ1n) is 15.5. The Hall–Kier alpha value is -5.84. The van der Waals surface area contributed by atoms with Crippen molar-refractivity contribution in [1.82, 2.24) is 14.5 Å². The number of benzene rings is 7. The predicted molar refractivity (Wildman–Crippen MR) is 195 cm³/mol. The summed E-state index contributed by atoms with van der Waals surface area (Å²) in [5.41, 5.74) is 9.39. The summed E-state index contributed by atoms with van der Waals surface area (Å²) in [5, 5.41) is 7.56. The first-order valence-corrected chi connectivity index (χ1v) is 16.3. The Bertz CT molecular complexity index is 2810. The Labute approximate surface area is 268 Å². The Morgan fingerprint density at radius 3 is 2.02 bits per heavy atom. The van der Waals surface area contributed by atoms with Gasteiger partial charge >= 0.3 is 0 Å². The molecule has 0 bridgehead atoms. The van der Waals surface area contributed by atoms with E-state index in [4.69, 9.17) is 9.97 Å². The van der Waals surface area contributed by atoms with Crippen LogP contribution >= 0.6 is 11.3 Å². The van der Waals surface area contributed by atoms with Gasteiger partial charge in [-0.3, -0.25) is 0 Å². The minimum atomic E-state index is 0.899. The fourth-order valence-corrected chi connectivity index (χ4v) is 8.44. The highest BCUT2D eigenvalue weighted by Crippen LogP contribution is 2.46. The molecule has 214 valence electrons. The lowest BCUT2D eigenvalue weighted by molar-refractivity contribution is 1.19. The van der Waals surface area contributed by atoms with Crippen molar-refractivity contribution in [2.45, 2.75) is 0 Å². The van der Waals surface area contributed by atoms with Gasteiger partial charge in [-0.25, -0.2) is 9.97 Å². The lowest BCUT2D eigenvalue weighted by Crippen LogP contribution is -1.95. The van der Waals surface area contributed by atoms with Crippen LogP contribution in [-0.2, 0) is 0 Å². The molecule has 0 N–H and O–H groups in total. The van der Waals surface area contributed by atoms with E-state index >= 15 is 0 Å². The average molecular weight is 604 g/mol. The van der Waals surface area contributed by atoms with Crippen molar-refractivity contribution in [3.05, 3.63) is 152 Å². The summed E-state index contributed by atoms with van der Waals surface area (Å²) in [7, 11) is 0. The highest BCUT2D eigenvalue weighted by molar-refractivity contribution is 7.27. The van der Waals surface area contributed by atoms with Gasteiger partial charge in [0.2, 0.25) is 0 Å². The molecule has 0 aliphatic rings. The molecule has 3 nitrogen and oxygen atoms in total. The number of thiophene rings is 1. The van der Waals surface area contributed by atoms with E-state index < -0.39 is 0 Å². The van der Waals surface area contributed by atoms with Crippen molar-refractivity contribution in [2.24, 2.45) is 0 Å². The number of fused-ring (bicyclic) bond motifs is 9. The topological polar surface area (TPSA) is 30.7 Å². The molecule has 0 radical (unpaired) electrons. The van der Waals surface area contributed by atoms with Crippen LogP contribution in [0.2, 0.25) is 0 Å². The fraction of sp³-hybridized carbons (Fsp3) is 0. The van der Waals surface area contributed by atoms with E-state index in [1.807, 2.05) is 35.6 Å². The van der Waals surface area contributed by atoms with Gasteiger partial charge in [-0.1, -0.05) is 115 Å². The van der Waals surface area contributed by atoms with Gasteiger partial charge < -0.3 is 4.57 Å². The monoisotopic (exact) mass is 603 g/mol. The zero-order chi connectivity index (χ0) is 30.2. The van der Waals surface area contributed by atoms with Crippen LogP contribution in [-0.4, -0.2) is 14.5 Å². The number of hydrogen-bond acceptors (Lipinski definition) is 3. The molecular weight excluding hydrogens is 579 g/mol. The molecule has 0 spiro atoms. The maximum atomic E-state index is 5.26. The molecule has 0 unspecified atom stereocenters. The number of aromatic nitrogens is 3. The molecule has 4 heteroatoms. The van der Waals surface area contributed by atoms with Gasteiger partial charge in [0, 0.05) is 47.8 Å². The number of rotatable bonds is 3. The SMILES string of the molecule is c1ccc(-c2nc3ccccc3nc2-c2cccc3c2sc2c3ccc3c2c2ccccc2n3-c2ccc3ccccc3c2)cc1. The average Bonchev–Trinajstić information content (AvgIpc) is 3.67. The Kier molecular flexibility index (Phi) is 5.45. The smallest absolute Gasteiger partial charge is 0.0987 e. The maximum Gasteiger partial charge on any atom is 0.0987 e. The third-order valence-electron chi connectivity index (χ3n) is 9.16. The van der Waals surface area contributed by atoms with Crippen molar-refractivity contribution < 1.29 is 0 Å². The van der Waals surface area contributed by atoms with Crippen LogP contribution in [0.3, 0.4) is 0 Å². The molecule has 10 aromatic rings. The molecule has 0 fully saturated rings. The minimum Gasteiger partial charge on any atom is -0.309 e. The zero-order valence-corrected chi connectivity index (χ0v) is 25.5. The number of para-hydroxylation sites is 3. The molecule has 0 saturated heterocycles. The van der Waals surface area contributed by atoms with Crippen LogP contribution in [0.15, 0.2) is 152 Å². The first-order chi connectivity index (χ1) is 22.8. The Balaban J connectivity index is 1.28. The maximum absolute atomic E-state index is 5.26. The lowest BCUT2D eigenvalue weighted by Gasteiger charge is -2.11. The van der Waals surface area contributed by atoms with Gasteiger partial charge in [0.25, 0.3) is 0 Å². The van der Waals surface area contributed by atoms with Crippen LogP contribution in [0, 0.1) is 0 Å². The van der Waals surface area contributed by atoms with E-state index in [0.717, 1.165) is 33.5 Å². The van der Waals surface area contributed by atoms with E-state index in [1.165, 1.54) is 58.4 Å². The van der Waals surface area contributed by atoms with Crippen molar-refractivity contribution in [3.63, 3.8) is 0 Å². The van der Waals surface area contributed by atoms with E-state index in [-0.39, 0.29) is 0 Å². The van der Waals surface area contributed by atoms with Crippen LogP contribution in [0.1, 0.15) is 0 Å². The standard InChI is InChI=1S/C42H25N3S/c1-2-12-27(13-3-1)39-40(44-35-19-8-7-18-34(35)43-39)33-17-10-16-30-31-23-24-37-38(42(31)46-41(30)33)32-15-6-9-20-36(32)45(37)29-22-21-26-11-4-5-14-28(26)25-29/h1-25H. The van der Waals surface area contributed by atoms with Gasteiger partial charge in [-0.2, -0.15) is 0 Å². The molecule has 0 saturated carbocycles. The van der Waals surface area contributed by atoms with Crippen molar-refractivity contribution >= 4 is 75.1 Å². The van der Waals surface area contributed by atoms with E-state index in [2.05, 4.69) is 132 Å². The van der Waals surface area contributed by atoms with Crippen molar-refractivity contribution in [3.8, 4) is 28.2 Å². The number of hydrogen-bond donors (Lipinski definition) is 0. The highest BCUT2D eigenvalue weighted by atomic mass is 32.1. The van der Waals surface area contributed by atoms with Gasteiger partial charge in [-0.05, 0) is 47.2 Å². The highest BCUT2D eigenvalue weighted by Gasteiger charge is 2.21. The second-order valence-electron chi connectivity index (χ2n) is 11.8. The van der Waals surface area contributed by atoms with E-state index in [1.54, 1.807) is 0 Å². The third kappa shape index (κ3) is 3.71. The lowest BCUT2D eigenvalue weighted by atomic mass is 10.0. The van der Waals surface area contributed by atoms with Gasteiger partial charge in [0.15, 0.2) is 0 Å². The summed E-state index contributed by atoms with van der Waals surface area (Å²) in [6, 6.07) is 54.0. The molecule has 0 aliphatic heterocycles. The minimum absolute atomic E-state index is 0.899. The quantitative estimate of drug-likeness (QED) is 0.201. The molecule has 46 heavy (non-hydrogen) atoms. The zero-order valence-electron chi connectivity index (χ0n) is 24.7. The summed E-state index contributed by atoms with van der Waals surface area (Å²) < 4.78 is 4.95. The van der Waals surface area contributed by atoms with Gasteiger partial charge in [0.1, 0.15) is 0 Å². The summed E-state index contributed by atoms with van der Waals surface area (Å²) in [6.45, 7) is 0. The second kappa shape index (κ2) is 9.83. The summed E-state index contributed by atoms with van der Waals surface area (Å²) in [6.07, 6.45) is 0. The molecule has 3 heterocycles. The number of nitrogens with zero attached hydrogens (tertiary/aromatic N) is 3. The predicted octanol–water partition coefficient (Wildman–Crippen LogP) is 11.6. The van der Waals surface area contributed by atoms with Crippen molar-refractivity contribution in [2.75, 3.05) is 0 Å². The molecule has 3 aromatic heterocycles. The van der Waals surface area contributed by atoms with Crippen LogP contribution < -0.4 is 0 Å². The van der Waals surface area contributed by atoms with E-state index in [9.17, 15) is 0 Å². The Morgan fingerprint density at radius 2 is 1.15 bits per heavy atom. The first kappa shape index (κ1) is 25.5. The van der Waals surface area contributed by atoms with E-state index in [0.29, 0.717) is 0 Å². The fourth-order valence-electron chi connectivity index (χ4n) is 7.07. The second-order valence-corrected chi connectivity index (χ2v) is 12.8. The summed E-state index contributed by atoms with van der Waals surface area (Å²) >= 11 is 1.87. The molecule has 10 rings (SSSR count). The normalized spacial score (nSPS) is 11.9. The summed E-state index contributed by atoms with van der Waals surface area (Å²) in [5.74, 6) is 0. The largest absolute Gasteiger partial charge is 0.309 e. The van der Waals surface area contributed by atoms with Crippen LogP contribution in [0.25, 0.3) is 92.0 Å². The summed E-state index contributed by atoms with van der Waals surface area (Å²) in [4.78, 5) is 10.4. The Morgan fingerprint density at radius 1 is 0.457 bits per heavy atom. The van der Waals surface area contributed by atoms with Crippen molar-refractivity contribution in [1.29, 1.82) is 0 Å². The molecule has 0 amide bonds. The van der Waals surface area contributed by atoms with Gasteiger partial charge in [0.05, 0.1) is 33.5 Å². The van der Waals surface area contributed by atoms with Crippen LogP contribution in [0.4, 0.5) is 0 Å².